The standard InChI is InChI=1S/C35H31Cl2N5O4S/c1-21-31(33(43)39-27-10-6-7-11-28(27)44-2)32(42-34(38-21)40-35(41-42)47-20-24-8-4-5-9-26(24)37)23-14-17-29(30(18-23)45-3)46-19-22-12-15-25(36)16-13-22/h4-18,32H,19-20H2,1-3H3,(H,39,43)(H,38,40,41). The molecule has 1 aromatic heterocycles. The number of thioether (sulfide) groups is 1. The first-order valence-electron chi connectivity index (χ1n) is 14.6. The lowest BCUT2D eigenvalue weighted by molar-refractivity contribution is -0.113. The fraction of sp³-hybridized carbons (Fsp3) is 0.171. The first kappa shape index (κ1) is 32.3. The summed E-state index contributed by atoms with van der Waals surface area (Å²) in [6.07, 6.45) is 0. The van der Waals surface area contributed by atoms with Gasteiger partial charge in [-0.1, -0.05) is 83.5 Å². The van der Waals surface area contributed by atoms with Crippen LogP contribution in [-0.2, 0) is 17.2 Å². The number of carbonyl (C=O) groups is 1. The quantitative estimate of drug-likeness (QED) is 0.134. The van der Waals surface area contributed by atoms with Crippen LogP contribution in [0.4, 0.5) is 11.6 Å². The molecule has 2 heterocycles. The van der Waals surface area contributed by atoms with Crippen LogP contribution in [0.5, 0.6) is 17.2 Å². The van der Waals surface area contributed by atoms with Crippen molar-refractivity contribution >= 4 is 52.5 Å². The van der Waals surface area contributed by atoms with Crippen LogP contribution in [0.1, 0.15) is 29.7 Å². The molecule has 0 saturated heterocycles. The van der Waals surface area contributed by atoms with Gasteiger partial charge in [-0.2, -0.15) is 4.98 Å². The predicted octanol–water partition coefficient (Wildman–Crippen LogP) is 8.40. The van der Waals surface area contributed by atoms with Crippen LogP contribution in [-0.4, -0.2) is 34.9 Å². The lowest BCUT2D eigenvalue weighted by Crippen LogP contribution is -2.31. The Kier molecular flexibility index (Phi) is 9.91. The summed E-state index contributed by atoms with van der Waals surface area (Å²) < 4.78 is 19.1. The number of methoxy groups -OCH3 is 2. The number of amides is 1. The van der Waals surface area contributed by atoms with E-state index in [4.69, 9.17) is 47.5 Å². The molecule has 0 radical (unpaired) electrons. The number of halogens is 2. The summed E-state index contributed by atoms with van der Waals surface area (Å²) in [4.78, 5) is 18.9. The van der Waals surface area contributed by atoms with Gasteiger partial charge in [0.25, 0.3) is 5.91 Å². The first-order valence-corrected chi connectivity index (χ1v) is 16.4. The zero-order valence-electron chi connectivity index (χ0n) is 25.8. The van der Waals surface area contributed by atoms with Crippen LogP contribution >= 0.6 is 35.0 Å². The minimum absolute atomic E-state index is 0.321. The number of benzene rings is 4. The summed E-state index contributed by atoms with van der Waals surface area (Å²) in [5.41, 5.74) is 4.31. The van der Waals surface area contributed by atoms with Crippen molar-refractivity contribution in [1.29, 1.82) is 0 Å². The van der Waals surface area contributed by atoms with E-state index in [1.54, 1.807) is 31.0 Å². The topological polar surface area (TPSA) is 99.5 Å². The van der Waals surface area contributed by atoms with E-state index in [-0.39, 0.29) is 5.91 Å². The molecule has 2 N–H and O–H groups in total. The van der Waals surface area contributed by atoms with Gasteiger partial charge in [0.05, 0.1) is 25.5 Å². The highest BCUT2D eigenvalue weighted by molar-refractivity contribution is 7.98. The number of nitrogens with one attached hydrogen (secondary N) is 2. The van der Waals surface area contributed by atoms with E-state index < -0.39 is 6.04 Å². The van der Waals surface area contributed by atoms with Crippen molar-refractivity contribution in [3.8, 4) is 17.2 Å². The zero-order valence-corrected chi connectivity index (χ0v) is 28.1. The Labute approximate surface area is 286 Å². The molecule has 1 amide bonds. The first-order chi connectivity index (χ1) is 22.8. The number of anilines is 2. The average Bonchev–Trinajstić information content (AvgIpc) is 3.49. The maximum atomic E-state index is 14.1. The molecule has 0 aliphatic carbocycles. The van der Waals surface area contributed by atoms with Gasteiger partial charge in [-0.3, -0.25) is 4.79 Å². The van der Waals surface area contributed by atoms with Crippen molar-refractivity contribution < 1.29 is 19.0 Å². The number of rotatable bonds is 11. The SMILES string of the molecule is COc1ccccc1NC(=O)C1=C(C)Nc2nc(SCc3ccccc3Cl)nn2C1c1ccc(OCc2ccc(Cl)cc2)c(OC)c1. The van der Waals surface area contributed by atoms with Crippen LogP contribution in [0.3, 0.4) is 0 Å². The Balaban J connectivity index is 1.35. The van der Waals surface area contributed by atoms with Gasteiger partial charge in [0.2, 0.25) is 11.1 Å². The normalized spacial score (nSPS) is 13.9. The maximum absolute atomic E-state index is 14.1. The highest BCUT2D eigenvalue weighted by Gasteiger charge is 2.35. The van der Waals surface area contributed by atoms with Crippen molar-refractivity contribution in [3.05, 3.63) is 129 Å². The lowest BCUT2D eigenvalue weighted by Gasteiger charge is -2.29. The zero-order chi connectivity index (χ0) is 32.9. The van der Waals surface area contributed by atoms with Crippen molar-refractivity contribution in [1.82, 2.24) is 14.8 Å². The van der Waals surface area contributed by atoms with Crippen LogP contribution < -0.4 is 24.8 Å². The van der Waals surface area contributed by atoms with E-state index in [1.165, 1.54) is 11.8 Å². The summed E-state index contributed by atoms with van der Waals surface area (Å²) in [5.74, 6) is 2.36. The highest BCUT2D eigenvalue weighted by atomic mass is 35.5. The second-order valence-electron chi connectivity index (χ2n) is 10.6. The molecule has 47 heavy (non-hydrogen) atoms. The van der Waals surface area contributed by atoms with E-state index >= 15 is 0 Å². The Morgan fingerprint density at radius 3 is 2.45 bits per heavy atom. The lowest BCUT2D eigenvalue weighted by atomic mass is 9.94. The molecule has 1 aliphatic rings. The molecule has 0 saturated carbocycles. The van der Waals surface area contributed by atoms with Gasteiger partial charge in [0.15, 0.2) is 11.5 Å². The third kappa shape index (κ3) is 7.20. The summed E-state index contributed by atoms with van der Waals surface area (Å²) >= 11 is 13.9. The third-order valence-electron chi connectivity index (χ3n) is 7.56. The second kappa shape index (κ2) is 14.4. The number of hydrogen-bond donors (Lipinski definition) is 2. The summed E-state index contributed by atoms with van der Waals surface area (Å²) in [5, 5.41) is 13.0. The largest absolute Gasteiger partial charge is 0.495 e. The van der Waals surface area contributed by atoms with Gasteiger partial charge < -0.3 is 24.8 Å². The predicted molar refractivity (Wildman–Crippen MR) is 186 cm³/mol. The van der Waals surface area contributed by atoms with E-state index in [9.17, 15) is 4.79 Å². The molecule has 1 atom stereocenters. The average molecular weight is 689 g/mol. The smallest absolute Gasteiger partial charge is 0.255 e. The number of para-hydroxylation sites is 2. The van der Waals surface area contributed by atoms with Crippen molar-refractivity contribution in [2.45, 2.75) is 30.5 Å². The molecule has 6 rings (SSSR count). The van der Waals surface area contributed by atoms with Crippen molar-refractivity contribution in [2.75, 3.05) is 24.9 Å². The summed E-state index contributed by atoms with van der Waals surface area (Å²) in [6.45, 7) is 2.17. The fourth-order valence-electron chi connectivity index (χ4n) is 5.21. The molecular weight excluding hydrogens is 657 g/mol. The molecule has 4 aromatic carbocycles. The molecular formula is C35H31Cl2N5O4S. The molecule has 240 valence electrons. The Hall–Kier alpha value is -4.64. The van der Waals surface area contributed by atoms with E-state index in [1.807, 2.05) is 85.8 Å². The molecule has 0 bridgehead atoms. The van der Waals surface area contributed by atoms with Gasteiger partial charge in [-0.15, -0.1) is 5.10 Å². The second-order valence-corrected chi connectivity index (χ2v) is 12.4. The van der Waals surface area contributed by atoms with Crippen molar-refractivity contribution in [2.24, 2.45) is 0 Å². The number of allylic oxidation sites excluding steroid dienone is 1. The minimum Gasteiger partial charge on any atom is -0.495 e. The maximum Gasteiger partial charge on any atom is 0.255 e. The number of aromatic nitrogens is 3. The van der Waals surface area contributed by atoms with Gasteiger partial charge in [0, 0.05) is 21.5 Å². The van der Waals surface area contributed by atoms with Crippen LogP contribution in [0.15, 0.2) is 107 Å². The number of nitrogens with zero attached hydrogens (tertiary/aromatic N) is 3. The molecule has 9 nitrogen and oxygen atoms in total. The van der Waals surface area contributed by atoms with Crippen molar-refractivity contribution in [3.63, 3.8) is 0 Å². The molecule has 0 spiro atoms. The van der Waals surface area contributed by atoms with E-state index in [0.29, 0.717) is 67.7 Å². The molecule has 5 aromatic rings. The number of fused-ring (bicyclic) bond motifs is 1. The van der Waals surface area contributed by atoms with Crippen LogP contribution in [0.2, 0.25) is 10.0 Å². The third-order valence-corrected chi connectivity index (χ3v) is 9.07. The van der Waals surface area contributed by atoms with Crippen LogP contribution in [0.25, 0.3) is 0 Å². The highest BCUT2D eigenvalue weighted by Crippen LogP contribution is 2.41. The summed E-state index contributed by atoms with van der Waals surface area (Å²) in [6, 6.07) is 27.3. The number of hydrogen-bond acceptors (Lipinski definition) is 8. The molecule has 0 fully saturated rings. The molecule has 1 aliphatic heterocycles. The van der Waals surface area contributed by atoms with E-state index in [0.717, 1.165) is 16.7 Å². The molecule has 12 heteroatoms. The van der Waals surface area contributed by atoms with E-state index in [2.05, 4.69) is 10.6 Å². The Bertz CT molecular complexity index is 1950. The number of ether oxygens (including phenoxy) is 3. The Morgan fingerprint density at radius 1 is 0.936 bits per heavy atom. The minimum atomic E-state index is -0.651. The van der Waals surface area contributed by atoms with Gasteiger partial charge in [-0.25, -0.2) is 4.68 Å². The number of carbonyl (C=O) groups excluding carboxylic acids is 1. The van der Waals surface area contributed by atoms with Crippen LogP contribution in [0, 0.1) is 0 Å². The summed E-state index contributed by atoms with van der Waals surface area (Å²) in [7, 11) is 3.14. The molecule has 1 unspecified atom stereocenters. The van der Waals surface area contributed by atoms with Gasteiger partial charge >= 0.3 is 0 Å². The monoisotopic (exact) mass is 687 g/mol. The van der Waals surface area contributed by atoms with Gasteiger partial charge in [-0.05, 0) is 66.1 Å². The Morgan fingerprint density at radius 2 is 1.68 bits per heavy atom. The van der Waals surface area contributed by atoms with Gasteiger partial charge in [0.1, 0.15) is 18.4 Å². The fourth-order valence-corrected chi connectivity index (χ4v) is 6.45.